The highest BCUT2D eigenvalue weighted by atomic mass is 35.5. The van der Waals surface area contributed by atoms with Crippen LogP contribution < -0.4 is 5.73 Å². The highest BCUT2D eigenvalue weighted by Crippen LogP contribution is 2.43. The van der Waals surface area contributed by atoms with Gasteiger partial charge < -0.3 is 10.6 Å². The van der Waals surface area contributed by atoms with Crippen LogP contribution in [0.15, 0.2) is 60.0 Å². The van der Waals surface area contributed by atoms with Crippen LogP contribution >= 0.6 is 22.9 Å². The van der Waals surface area contributed by atoms with E-state index in [1.165, 1.54) is 22.3 Å². The summed E-state index contributed by atoms with van der Waals surface area (Å²) in [6, 6.07) is 13.9. The second-order valence-corrected chi connectivity index (χ2v) is 8.30. The van der Waals surface area contributed by atoms with Crippen LogP contribution in [0, 0.1) is 5.82 Å². The predicted molar refractivity (Wildman–Crippen MR) is 111 cm³/mol. The minimum absolute atomic E-state index is 0.256. The SMILES string of the molecule is NC(=O)[C@@H](c1ccccc1)N(C(=O)c1cccs1)[C@@H]1CCc2c(F)cc(Cl)cc21. The van der Waals surface area contributed by atoms with Crippen molar-refractivity contribution in [3.63, 3.8) is 0 Å². The van der Waals surface area contributed by atoms with Crippen LogP contribution in [0.3, 0.4) is 0 Å². The quantitative estimate of drug-likeness (QED) is 0.628. The maximum absolute atomic E-state index is 14.5. The fourth-order valence-electron chi connectivity index (χ4n) is 3.97. The first-order valence-electron chi connectivity index (χ1n) is 9.15. The highest BCUT2D eigenvalue weighted by Gasteiger charge is 2.40. The topological polar surface area (TPSA) is 63.4 Å². The molecular weight excluding hydrogens is 411 g/mol. The van der Waals surface area contributed by atoms with Crippen molar-refractivity contribution in [2.24, 2.45) is 5.73 Å². The summed E-state index contributed by atoms with van der Waals surface area (Å²) in [7, 11) is 0. The average molecular weight is 429 g/mol. The maximum Gasteiger partial charge on any atom is 0.265 e. The van der Waals surface area contributed by atoms with Gasteiger partial charge in [0, 0.05) is 5.02 Å². The van der Waals surface area contributed by atoms with Gasteiger partial charge in [-0.2, -0.15) is 0 Å². The number of rotatable bonds is 5. The Kier molecular flexibility index (Phi) is 5.39. The molecule has 0 aliphatic heterocycles. The van der Waals surface area contributed by atoms with Crippen molar-refractivity contribution in [3.05, 3.63) is 92.4 Å². The summed E-state index contributed by atoms with van der Waals surface area (Å²) in [6.07, 6.45) is 0.942. The first-order valence-corrected chi connectivity index (χ1v) is 10.4. The number of carbonyl (C=O) groups excluding carboxylic acids is 2. The van der Waals surface area contributed by atoms with Gasteiger partial charge in [-0.25, -0.2) is 4.39 Å². The van der Waals surface area contributed by atoms with Crippen LogP contribution in [0.5, 0.6) is 0 Å². The molecule has 0 fully saturated rings. The third-order valence-electron chi connectivity index (χ3n) is 5.19. The number of benzene rings is 2. The molecule has 2 atom stereocenters. The van der Waals surface area contributed by atoms with Crippen molar-refractivity contribution in [2.45, 2.75) is 24.9 Å². The Balaban J connectivity index is 1.87. The zero-order chi connectivity index (χ0) is 20.5. The van der Waals surface area contributed by atoms with Crippen molar-refractivity contribution < 1.29 is 14.0 Å². The van der Waals surface area contributed by atoms with Crippen LogP contribution in [0.2, 0.25) is 5.02 Å². The molecule has 0 radical (unpaired) electrons. The van der Waals surface area contributed by atoms with Crippen molar-refractivity contribution in [1.82, 2.24) is 4.90 Å². The molecule has 0 spiro atoms. The van der Waals surface area contributed by atoms with Gasteiger partial charge in [-0.15, -0.1) is 11.3 Å². The zero-order valence-corrected chi connectivity index (χ0v) is 16.9. The van der Waals surface area contributed by atoms with Crippen molar-refractivity contribution in [1.29, 1.82) is 0 Å². The number of hydrogen-bond donors (Lipinski definition) is 1. The minimum atomic E-state index is -0.983. The van der Waals surface area contributed by atoms with Crippen LogP contribution in [0.1, 0.15) is 44.9 Å². The van der Waals surface area contributed by atoms with E-state index in [1.807, 2.05) is 6.07 Å². The Labute approximate surface area is 176 Å². The Morgan fingerprint density at radius 2 is 1.93 bits per heavy atom. The van der Waals surface area contributed by atoms with E-state index in [2.05, 4.69) is 0 Å². The first-order chi connectivity index (χ1) is 14.0. The van der Waals surface area contributed by atoms with Crippen molar-refractivity contribution in [3.8, 4) is 0 Å². The van der Waals surface area contributed by atoms with E-state index in [-0.39, 0.29) is 10.9 Å². The lowest BCUT2D eigenvalue weighted by molar-refractivity contribution is -0.123. The van der Waals surface area contributed by atoms with E-state index in [0.29, 0.717) is 34.4 Å². The number of amides is 2. The first kappa shape index (κ1) is 19.6. The lowest BCUT2D eigenvalue weighted by atomic mass is 9.99. The van der Waals surface area contributed by atoms with Crippen LogP contribution in [0.25, 0.3) is 0 Å². The molecule has 148 valence electrons. The Morgan fingerprint density at radius 1 is 1.17 bits per heavy atom. The van der Waals surface area contributed by atoms with Gasteiger partial charge in [0.2, 0.25) is 5.91 Å². The summed E-state index contributed by atoms with van der Waals surface area (Å²) >= 11 is 7.39. The number of primary amides is 1. The normalized spacial score (nSPS) is 16.3. The van der Waals surface area contributed by atoms with E-state index in [4.69, 9.17) is 17.3 Å². The van der Waals surface area contributed by atoms with Gasteiger partial charge >= 0.3 is 0 Å². The van der Waals surface area contributed by atoms with E-state index in [0.717, 1.165) is 0 Å². The van der Waals surface area contributed by atoms with Crippen LogP contribution in [0.4, 0.5) is 4.39 Å². The molecule has 1 aliphatic carbocycles. The molecule has 1 aliphatic rings. The van der Waals surface area contributed by atoms with Crippen molar-refractivity contribution >= 4 is 34.8 Å². The van der Waals surface area contributed by atoms with Gasteiger partial charge in [0.1, 0.15) is 11.9 Å². The lowest BCUT2D eigenvalue weighted by Gasteiger charge is -2.35. The molecule has 1 heterocycles. The van der Waals surface area contributed by atoms with E-state index < -0.39 is 23.8 Å². The Bertz CT molecular complexity index is 1060. The molecule has 0 unspecified atom stereocenters. The predicted octanol–water partition coefficient (Wildman–Crippen LogP) is 4.90. The molecular formula is C22H18ClFN2O2S. The molecule has 0 bridgehead atoms. The molecule has 4 rings (SSSR count). The number of thiophene rings is 1. The van der Waals surface area contributed by atoms with E-state index in [1.54, 1.807) is 47.8 Å². The molecule has 2 N–H and O–H groups in total. The molecule has 1 aromatic heterocycles. The van der Waals surface area contributed by atoms with Gasteiger partial charge in [-0.05, 0) is 53.1 Å². The molecule has 3 aromatic rings. The second-order valence-electron chi connectivity index (χ2n) is 6.92. The molecule has 2 aromatic carbocycles. The Hall–Kier alpha value is -2.70. The lowest BCUT2D eigenvalue weighted by Crippen LogP contribution is -2.43. The summed E-state index contributed by atoms with van der Waals surface area (Å²) in [5.74, 6) is -1.35. The fraction of sp³-hybridized carbons (Fsp3) is 0.182. The molecule has 0 saturated heterocycles. The Morgan fingerprint density at radius 3 is 2.59 bits per heavy atom. The van der Waals surface area contributed by atoms with E-state index >= 15 is 0 Å². The number of fused-ring (bicyclic) bond motifs is 1. The third kappa shape index (κ3) is 3.66. The highest BCUT2D eigenvalue weighted by molar-refractivity contribution is 7.12. The third-order valence-corrected chi connectivity index (χ3v) is 6.26. The van der Waals surface area contributed by atoms with Gasteiger partial charge in [0.15, 0.2) is 0 Å². The minimum Gasteiger partial charge on any atom is -0.368 e. The van der Waals surface area contributed by atoms with Crippen molar-refractivity contribution in [2.75, 3.05) is 0 Å². The van der Waals surface area contributed by atoms with E-state index in [9.17, 15) is 14.0 Å². The number of carbonyl (C=O) groups is 2. The molecule has 29 heavy (non-hydrogen) atoms. The molecule has 4 nitrogen and oxygen atoms in total. The number of nitrogens with zero attached hydrogens (tertiary/aromatic N) is 1. The molecule has 0 saturated carbocycles. The van der Waals surface area contributed by atoms with Gasteiger partial charge in [0.25, 0.3) is 5.91 Å². The average Bonchev–Trinajstić information content (AvgIpc) is 3.36. The van der Waals surface area contributed by atoms with Crippen LogP contribution in [-0.2, 0) is 11.2 Å². The van der Waals surface area contributed by atoms with Crippen LogP contribution in [-0.4, -0.2) is 16.7 Å². The standard InChI is InChI=1S/C22H18ClFN2O2S/c23-14-11-16-15(17(24)12-14)8-9-18(16)26(22(28)19-7-4-10-29-19)20(21(25)27)13-5-2-1-3-6-13/h1-7,10-12,18,20H,8-9H2,(H2,25,27)/t18-,20-/m1/s1. The van der Waals surface area contributed by atoms with Gasteiger partial charge in [-0.1, -0.05) is 48.0 Å². The summed E-state index contributed by atoms with van der Waals surface area (Å²) < 4.78 is 14.5. The molecule has 2 amide bonds. The molecule has 7 heteroatoms. The summed E-state index contributed by atoms with van der Waals surface area (Å²) in [6.45, 7) is 0. The van der Waals surface area contributed by atoms with Gasteiger partial charge in [0.05, 0.1) is 10.9 Å². The monoisotopic (exact) mass is 428 g/mol. The second kappa shape index (κ2) is 7.97. The zero-order valence-electron chi connectivity index (χ0n) is 15.3. The number of nitrogens with two attached hydrogens (primary N) is 1. The number of hydrogen-bond acceptors (Lipinski definition) is 3. The number of halogens is 2. The maximum atomic E-state index is 14.5. The summed E-state index contributed by atoms with van der Waals surface area (Å²) in [5, 5.41) is 2.05. The largest absolute Gasteiger partial charge is 0.368 e. The summed E-state index contributed by atoms with van der Waals surface area (Å²) in [4.78, 5) is 28.0. The summed E-state index contributed by atoms with van der Waals surface area (Å²) in [5.41, 5.74) is 7.54. The fourth-order valence-corrected chi connectivity index (χ4v) is 4.85. The smallest absolute Gasteiger partial charge is 0.265 e. The van der Waals surface area contributed by atoms with Gasteiger partial charge in [-0.3, -0.25) is 9.59 Å².